The number of ketones is 1. The molecule has 1 saturated heterocycles. The van der Waals surface area contributed by atoms with Crippen LogP contribution in [0, 0.1) is 11.3 Å². The van der Waals surface area contributed by atoms with Gasteiger partial charge in [-0.25, -0.2) is 4.79 Å². The van der Waals surface area contributed by atoms with Crippen LogP contribution in [0.25, 0.3) is 10.9 Å². The normalized spacial score (nSPS) is 14.2. The van der Waals surface area contributed by atoms with E-state index in [-0.39, 0.29) is 22.9 Å². The first kappa shape index (κ1) is 31.6. The van der Waals surface area contributed by atoms with Gasteiger partial charge in [-0.05, 0) is 70.2 Å². The fourth-order valence-corrected chi connectivity index (χ4v) is 3.91. The van der Waals surface area contributed by atoms with Crippen LogP contribution in [0.2, 0.25) is 0 Å². The number of carbonyl (C=O) groups is 2. The van der Waals surface area contributed by atoms with Crippen molar-refractivity contribution in [3.05, 3.63) is 41.1 Å². The molecule has 37 heavy (non-hydrogen) atoms. The van der Waals surface area contributed by atoms with Gasteiger partial charge in [0, 0.05) is 24.0 Å². The molecule has 1 aromatic carbocycles. The van der Waals surface area contributed by atoms with Crippen LogP contribution in [0.5, 0.6) is 5.75 Å². The molecule has 2 heterocycles. The Hall–Kier alpha value is -3.41. The number of rotatable bonds is 5. The molecule has 204 valence electrons. The Kier molecular flexibility index (Phi) is 12.3. The predicted octanol–water partition coefficient (Wildman–Crippen LogP) is 7.59. The number of Topliss-reactive ketones (excluding diaryl/α,β-unsaturated/α-hetero) is 1. The molecular formula is C28H39F2N3O4. The molecule has 0 saturated carbocycles. The van der Waals surface area contributed by atoms with E-state index in [1.807, 2.05) is 33.8 Å². The topological polar surface area (TPSA) is 95.4 Å². The summed E-state index contributed by atoms with van der Waals surface area (Å²) in [6.07, 6.45) is 2.12. The molecule has 0 spiro atoms. The number of benzene rings is 1. The second-order valence-corrected chi connectivity index (χ2v) is 8.92. The molecule has 7 nitrogen and oxygen atoms in total. The number of H-pyrrole nitrogens is 1. The minimum absolute atomic E-state index is 0.0136. The van der Waals surface area contributed by atoms with E-state index in [1.54, 1.807) is 38.7 Å². The third-order valence-electron chi connectivity index (χ3n) is 5.45. The molecule has 1 fully saturated rings. The number of likely N-dealkylation sites (tertiary alicyclic amines) is 1. The number of ether oxygens (including phenoxy) is 2. The first-order valence-corrected chi connectivity index (χ1v) is 12.7. The number of nitrogens with one attached hydrogen (secondary N) is 1. The lowest BCUT2D eigenvalue weighted by atomic mass is 9.88. The second-order valence-electron chi connectivity index (χ2n) is 8.92. The van der Waals surface area contributed by atoms with Crippen LogP contribution in [0.15, 0.2) is 29.8 Å². The maximum absolute atomic E-state index is 13.1. The Bertz CT molecular complexity index is 1120. The highest BCUT2D eigenvalue weighted by Crippen LogP contribution is 2.38. The number of carbonyl (C=O) groups excluding carboxylic acids is 2. The average Bonchev–Trinajstić information content (AvgIpc) is 3.28. The van der Waals surface area contributed by atoms with Crippen LogP contribution in [0.4, 0.5) is 13.6 Å². The third kappa shape index (κ3) is 8.59. The smallest absolute Gasteiger partial charge is 0.410 e. The molecule has 1 amide bonds. The van der Waals surface area contributed by atoms with E-state index in [4.69, 9.17) is 14.7 Å². The predicted molar refractivity (Wildman–Crippen MR) is 141 cm³/mol. The Labute approximate surface area is 218 Å². The number of alkyl halides is 2. The number of amides is 1. The lowest BCUT2D eigenvalue weighted by Crippen LogP contribution is -2.41. The maximum Gasteiger partial charge on any atom is 0.410 e. The summed E-state index contributed by atoms with van der Waals surface area (Å²) in [5.74, 6) is -0.549. The average molecular weight is 520 g/mol. The molecule has 0 radical (unpaired) electrons. The largest absolute Gasteiger partial charge is 0.444 e. The lowest BCUT2D eigenvalue weighted by Gasteiger charge is -2.34. The lowest BCUT2D eigenvalue weighted by molar-refractivity contribution is -0.0506. The summed E-state index contributed by atoms with van der Waals surface area (Å²) in [7, 11) is 0. The number of piperidine rings is 1. The molecule has 1 N–H and O–H groups in total. The molecular weight excluding hydrogens is 480 g/mol. The Morgan fingerprint density at radius 3 is 2.22 bits per heavy atom. The number of nitriles is 1. The van der Waals surface area contributed by atoms with E-state index < -0.39 is 24.1 Å². The van der Waals surface area contributed by atoms with Crippen LogP contribution in [0.1, 0.15) is 90.2 Å². The first-order valence-electron chi connectivity index (χ1n) is 12.7. The molecule has 0 atom stereocenters. The van der Waals surface area contributed by atoms with Gasteiger partial charge in [0.1, 0.15) is 17.4 Å². The van der Waals surface area contributed by atoms with Crippen LogP contribution < -0.4 is 4.74 Å². The van der Waals surface area contributed by atoms with Crippen molar-refractivity contribution in [3.63, 3.8) is 0 Å². The van der Waals surface area contributed by atoms with Crippen LogP contribution in [-0.4, -0.2) is 47.1 Å². The van der Waals surface area contributed by atoms with Gasteiger partial charge in [-0.15, -0.1) is 0 Å². The molecule has 0 bridgehead atoms. The van der Waals surface area contributed by atoms with Crippen molar-refractivity contribution in [2.75, 3.05) is 13.1 Å². The van der Waals surface area contributed by atoms with Crippen LogP contribution in [0.3, 0.4) is 0 Å². The fourth-order valence-electron chi connectivity index (χ4n) is 3.91. The molecule has 9 heteroatoms. The highest BCUT2D eigenvalue weighted by Gasteiger charge is 2.30. The van der Waals surface area contributed by atoms with Crippen molar-refractivity contribution in [3.8, 4) is 11.8 Å². The molecule has 2 aromatic rings. The second kappa shape index (κ2) is 14.4. The summed E-state index contributed by atoms with van der Waals surface area (Å²) in [5.41, 5.74) is 0.745. The van der Waals surface area contributed by atoms with Gasteiger partial charge in [0.05, 0.1) is 11.3 Å². The van der Waals surface area contributed by atoms with Crippen molar-refractivity contribution in [2.45, 2.75) is 86.4 Å². The zero-order valence-corrected chi connectivity index (χ0v) is 23.1. The number of fused-ring (bicyclic) bond motifs is 1. The van der Waals surface area contributed by atoms with E-state index in [2.05, 4.69) is 4.98 Å². The molecule has 0 unspecified atom stereocenters. The first-order chi connectivity index (χ1) is 17.5. The van der Waals surface area contributed by atoms with Crippen molar-refractivity contribution in [1.29, 1.82) is 5.26 Å². The SMILES string of the molecule is C/C=C(\C#N)C(=O)c1cc2cc(OC(F)F)c(C3CCN(C(=O)OC(C)(C)C)CC3)cc2[nH]1.CC.CC. The minimum Gasteiger partial charge on any atom is -0.444 e. The van der Waals surface area contributed by atoms with Gasteiger partial charge < -0.3 is 19.4 Å². The monoisotopic (exact) mass is 519 g/mol. The fraction of sp³-hybridized carbons (Fsp3) is 0.536. The summed E-state index contributed by atoms with van der Waals surface area (Å²) in [4.78, 5) is 29.4. The minimum atomic E-state index is -3.00. The van der Waals surface area contributed by atoms with Gasteiger partial charge in [0.15, 0.2) is 0 Å². The Morgan fingerprint density at radius 2 is 1.73 bits per heavy atom. The zero-order chi connectivity index (χ0) is 28.3. The highest BCUT2D eigenvalue weighted by molar-refractivity contribution is 6.12. The van der Waals surface area contributed by atoms with Crippen molar-refractivity contribution >= 4 is 22.8 Å². The summed E-state index contributed by atoms with van der Waals surface area (Å²) >= 11 is 0. The quantitative estimate of drug-likeness (QED) is 0.249. The van der Waals surface area contributed by atoms with E-state index in [1.165, 1.54) is 18.2 Å². The van der Waals surface area contributed by atoms with Crippen molar-refractivity contribution < 1.29 is 27.8 Å². The van der Waals surface area contributed by atoms with E-state index in [0.29, 0.717) is 42.4 Å². The number of nitrogens with zero attached hydrogens (tertiary/aromatic N) is 2. The Morgan fingerprint density at radius 1 is 1.14 bits per heavy atom. The van der Waals surface area contributed by atoms with E-state index in [0.717, 1.165) is 0 Å². The summed E-state index contributed by atoms with van der Waals surface area (Å²) < 4.78 is 36.5. The van der Waals surface area contributed by atoms with Gasteiger partial charge in [-0.3, -0.25) is 4.79 Å². The van der Waals surface area contributed by atoms with Gasteiger partial charge >= 0.3 is 12.7 Å². The van der Waals surface area contributed by atoms with Crippen LogP contribution >= 0.6 is 0 Å². The third-order valence-corrected chi connectivity index (χ3v) is 5.45. The van der Waals surface area contributed by atoms with Crippen molar-refractivity contribution in [2.24, 2.45) is 0 Å². The van der Waals surface area contributed by atoms with Crippen molar-refractivity contribution in [1.82, 2.24) is 9.88 Å². The van der Waals surface area contributed by atoms with Gasteiger partial charge in [-0.1, -0.05) is 33.8 Å². The summed E-state index contributed by atoms with van der Waals surface area (Å²) in [5, 5.41) is 9.65. The number of hydrogen-bond donors (Lipinski definition) is 1. The van der Waals surface area contributed by atoms with E-state index >= 15 is 0 Å². The molecule has 0 aliphatic carbocycles. The van der Waals surface area contributed by atoms with Gasteiger partial charge in [0.2, 0.25) is 5.78 Å². The highest BCUT2D eigenvalue weighted by atomic mass is 19.3. The number of allylic oxidation sites excluding steroid dienone is 2. The maximum atomic E-state index is 13.1. The van der Waals surface area contributed by atoms with Gasteiger partial charge in [-0.2, -0.15) is 14.0 Å². The molecule has 1 aliphatic heterocycles. The van der Waals surface area contributed by atoms with Crippen LogP contribution in [-0.2, 0) is 4.74 Å². The number of halogens is 2. The molecule has 3 rings (SSSR count). The van der Waals surface area contributed by atoms with E-state index in [9.17, 15) is 18.4 Å². The molecule has 1 aromatic heterocycles. The molecule has 1 aliphatic rings. The standard InChI is InChI=1S/C24H27F2N3O4.2C2H6/c1-5-14(13-27)21(30)19-10-16-11-20(32-22(25)26)17(12-18(16)28-19)15-6-8-29(9-7-15)23(31)33-24(2,3)4;2*1-2/h5,10-12,15,22,28H,6-9H2,1-4H3;2*1-2H3/b14-5+;;. The summed E-state index contributed by atoms with van der Waals surface area (Å²) in [6, 6.07) is 6.55. The number of aromatic amines is 1. The number of aromatic nitrogens is 1. The van der Waals surface area contributed by atoms with Gasteiger partial charge in [0.25, 0.3) is 0 Å². The summed E-state index contributed by atoms with van der Waals surface area (Å²) in [6.45, 7) is 12.8. The number of hydrogen-bond acceptors (Lipinski definition) is 5. The Balaban J connectivity index is 0.00000163. The zero-order valence-electron chi connectivity index (χ0n) is 23.1.